The van der Waals surface area contributed by atoms with Crippen molar-refractivity contribution >= 4 is 0 Å². The second kappa shape index (κ2) is 8.06. The summed E-state index contributed by atoms with van der Waals surface area (Å²) >= 11 is 0. The number of nitrogens with zero attached hydrogens (tertiary/aromatic N) is 1. The molecule has 1 fully saturated rings. The highest BCUT2D eigenvalue weighted by Crippen LogP contribution is 2.16. The fourth-order valence-electron chi connectivity index (χ4n) is 2.47. The average Bonchev–Trinajstić information content (AvgIpc) is 2.35. The molecular weight excluding hydrogens is 212 g/mol. The number of likely N-dealkylation sites (tertiary alicyclic amines) is 1. The minimum atomic E-state index is 0.295. The van der Waals surface area contributed by atoms with Crippen LogP contribution in [0.5, 0.6) is 0 Å². The van der Waals surface area contributed by atoms with Gasteiger partial charge in [0, 0.05) is 19.2 Å². The summed E-state index contributed by atoms with van der Waals surface area (Å²) in [4.78, 5) is 2.63. The molecule has 3 heteroatoms. The highest BCUT2D eigenvalue weighted by molar-refractivity contribution is 4.74. The zero-order valence-corrected chi connectivity index (χ0v) is 12.0. The Bertz CT molecular complexity index is 199. The summed E-state index contributed by atoms with van der Waals surface area (Å²) < 4.78 is 5.30. The molecule has 102 valence electrons. The van der Waals surface area contributed by atoms with Crippen molar-refractivity contribution in [2.24, 2.45) is 0 Å². The molecule has 0 aliphatic carbocycles. The fourth-order valence-corrected chi connectivity index (χ4v) is 2.47. The molecule has 0 spiro atoms. The maximum absolute atomic E-state index is 5.30. The lowest BCUT2D eigenvalue weighted by Gasteiger charge is -2.33. The number of methoxy groups -OCH3 is 1. The van der Waals surface area contributed by atoms with Gasteiger partial charge in [0.2, 0.25) is 0 Å². The van der Waals surface area contributed by atoms with Gasteiger partial charge in [-0.15, -0.1) is 0 Å². The van der Waals surface area contributed by atoms with Crippen molar-refractivity contribution in [3.63, 3.8) is 0 Å². The number of hydrogen-bond donors (Lipinski definition) is 1. The second-order valence-corrected chi connectivity index (χ2v) is 5.42. The zero-order valence-electron chi connectivity index (χ0n) is 12.0. The van der Waals surface area contributed by atoms with Gasteiger partial charge in [-0.1, -0.05) is 6.42 Å². The molecule has 0 saturated carbocycles. The molecule has 3 nitrogen and oxygen atoms in total. The van der Waals surface area contributed by atoms with Gasteiger partial charge in [-0.2, -0.15) is 0 Å². The minimum Gasteiger partial charge on any atom is -0.380 e. The van der Waals surface area contributed by atoms with Gasteiger partial charge >= 0.3 is 0 Å². The van der Waals surface area contributed by atoms with Gasteiger partial charge < -0.3 is 15.0 Å². The molecule has 3 atom stereocenters. The van der Waals surface area contributed by atoms with Crippen LogP contribution in [-0.4, -0.2) is 49.8 Å². The predicted molar refractivity (Wildman–Crippen MR) is 73.4 cm³/mol. The van der Waals surface area contributed by atoms with Gasteiger partial charge in [0.15, 0.2) is 0 Å². The molecule has 17 heavy (non-hydrogen) atoms. The summed E-state index contributed by atoms with van der Waals surface area (Å²) in [6.07, 6.45) is 5.71. The molecule has 0 amide bonds. The average molecular weight is 242 g/mol. The predicted octanol–water partition coefficient (Wildman–Crippen LogP) is 2.26. The van der Waals surface area contributed by atoms with Crippen LogP contribution in [0.15, 0.2) is 0 Å². The Balaban J connectivity index is 2.07. The minimum absolute atomic E-state index is 0.295. The lowest BCUT2D eigenvalue weighted by molar-refractivity contribution is 0.0877. The first-order chi connectivity index (χ1) is 8.15. The summed E-state index contributed by atoms with van der Waals surface area (Å²) in [5.41, 5.74) is 0. The molecular formula is C14H30N2O. The van der Waals surface area contributed by atoms with E-state index in [9.17, 15) is 0 Å². The quantitative estimate of drug-likeness (QED) is 0.693. The Morgan fingerprint density at radius 2 is 2.12 bits per heavy atom. The number of piperidine rings is 1. The lowest BCUT2D eigenvalue weighted by Crippen LogP contribution is -2.41. The normalized spacial score (nSPS) is 25.8. The second-order valence-electron chi connectivity index (χ2n) is 5.42. The van der Waals surface area contributed by atoms with Gasteiger partial charge in [0.05, 0.1) is 6.10 Å². The molecule has 0 aromatic carbocycles. The number of hydrogen-bond acceptors (Lipinski definition) is 3. The van der Waals surface area contributed by atoms with Crippen molar-refractivity contribution in [2.45, 2.75) is 64.6 Å². The summed E-state index contributed by atoms with van der Waals surface area (Å²) in [5, 5.41) is 3.54. The van der Waals surface area contributed by atoms with Crippen LogP contribution in [0, 0.1) is 0 Å². The van der Waals surface area contributed by atoms with Crippen LogP contribution in [0.4, 0.5) is 0 Å². The van der Waals surface area contributed by atoms with Crippen molar-refractivity contribution in [3.05, 3.63) is 0 Å². The maximum Gasteiger partial charge on any atom is 0.0693 e. The van der Waals surface area contributed by atoms with Crippen molar-refractivity contribution in [2.75, 3.05) is 26.7 Å². The smallest absolute Gasteiger partial charge is 0.0693 e. The van der Waals surface area contributed by atoms with Crippen molar-refractivity contribution in [3.8, 4) is 0 Å². The number of ether oxygens (including phenoxy) is 1. The molecule has 0 aromatic rings. The Labute approximate surface area is 107 Å². The zero-order chi connectivity index (χ0) is 12.7. The Hall–Kier alpha value is -0.120. The topological polar surface area (TPSA) is 24.5 Å². The van der Waals surface area contributed by atoms with Crippen molar-refractivity contribution in [1.82, 2.24) is 10.2 Å². The molecule has 1 heterocycles. The third-order valence-electron chi connectivity index (χ3n) is 4.10. The Kier molecular flexibility index (Phi) is 7.09. The van der Waals surface area contributed by atoms with Crippen LogP contribution < -0.4 is 5.32 Å². The lowest BCUT2D eigenvalue weighted by atomic mass is 10.0. The van der Waals surface area contributed by atoms with E-state index in [1.165, 1.54) is 38.8 Å². The molecule has 1 aliphatic rings. The van der Waals surface area contributed by atoms with E-state index < -0.39 is 0 Å². The van der Waals surface area contributed by atoms with Gasteiger partial charge in [-0.3, -0.25) is 0 Å². The van der Waals surface area contributed by atoms with E-state index in [0.29, 0.717) is 12.1 Å². The van der Waals surface area contributed by atoms with E-state index in [0.717, 1.165) is 12.6 Å². The SMILES string of the molecule is COC(C)C(C)NCCCN1CCCCC1C. The summed E-state index contributed by atoms with van der Waals surface area (Å²) in [6.45, 7) is 10.3. The van der Waals surface area contributed by atoms with Crippen LogP contribution in [0.2, 0.25) is 0 Å². The monoisotopic (exact) mass is 242 g/mol. The molecule has 1 rings (SSSR count). The standard InChI is InChI=1S/C14H30N2O/c1-12-8-5-6-10-16(12)11-7-9-15-13(2)14(3)17-4/h12-15H,5-11H2,1-4H3. The number of rotatable bonds is 7. The van der Waals surface area contributed by atoms with Gasteiger partial charge in [-0.05, 0) is 59.7 Å². The highest BCUT2D eigenvalue weighted by Gasteiger charge is 2.17. The fraction of sp³-hybridized carbons (Fsp3) is 1.00. The third-order valence-corrected chi connectivity index (χ3v) is 4.10. The molecule has 0 bridgehead atoms. The van der Waals surface area contributed by atoms with E-state index in [4.69, 9.17) is 4.74 Å². The molecule has 1 saturated heterocycles. The molecule has 1 N–H and O–H groups in total. The Morgan fingerprint density at radius 3 is 2.76 bits per heavy atom. The molecule has 0 radical (unpaired) electrons. The maximum atomic E-state index is 5.30. The van der Waals surface area contributed by atoms with E-state index in [1.54, 1.807) is 7.11 Å². The summed E-state index contributed by atoms with van der Waals surface area (Å²) in [7, 11) is 1.78. The first-order valence-electron chi connectivity index (χ1n) is 7.15. The van der Waals surface area contributed by atoms with Crippen LogP contribution in [0.3, 0.4) is 0 Å². The van der Waals surface area contributed by atoms with Gasteiger partial charge in [-0.25, -0.2) is 0 Å². The van der Waals surface area contributed by atoms with Crippen molar-refractivity contribution in [1.29, 1.82) is 0 Å². The molecule has 1 aliphatic heterocycles. The van der Waals surface area contributed by atoms with Crippen LogP contribution in [-0.2, 0) is 4.74 Å². The third kappa shape index (κ3) is 5.36. The summed E-state index contributed by atoms with van der Waals surface area (Å²) in [5.74, 6) is 0. The van der Waals surface area contributed by atoms with E-state index in [-0.39, 0.29) is 0 Å². The number of nitrogens with one attached hydrogen (secondary N) is 1. The largest absolute Gasteiger partial charge is 0.380 e. The summed E-state index contributed by atoms with van der Waals surface area (Å²) in [6, 6.07) is 1.23. The highest BCUT2D eigenvalue weighted by atomic mass is 16.5. The van der Waals surface area contributed by atoms with E-state index >= 15 is 0 Å². The first-order valence-corrected chi connectivity index (χ1v) is 7.15. The van der Waals surface area contributed by atoms with E-state index in [1.807, 2.05) is 0 Å². The van der Waals surface area contributed by atoms with Gasteiger partial charge in [0.25, 0.3) is 0 Å². The van der Waals surface area contributed by atoms with Crippen LogP contribution in [0.1, 0.15) is 46.5 Å². The molecule has 0 aromatic heterocycles. The van der Waals surface area contributed by atoms with Crippen LogP contribution >= 0.6 is 0 Å². The van der Waals surface area contributed by atoms with Crippen molar-refractivity contribution < 1.29 is 4.74 Å². The van der Waals surface area contributed by atoms with E-state index in [2.05, 4.69) is 31.0 Å². The molecule has 3 unspecified atom stereocenters. The Morgan fingerprint density at radius 1 is 1.35 bits per heavy atom. The van der Waals surface area contributed by atoms with Crippen LogP contribution in [0.25, 0.3) is 0 Å². The van der Waals surface area contributed by atoms with Gasteiger partial charge in [0.1, 0.15) is 0 Å². The first kappa shape index (κ1) is 14.9.